The Morgan fingerprint density at radius 3 is 1.83 bits per heavy atom. The van der Waals surface area contributed by atoms with Crippen molar-refractivity contribution in [1.29, 1.82) is 0 Å². The molecule has 0 aliphatic rings. The molecule has 0 spiro atoms. The van der Waals surface area contributed by atoms with E-state index in [1.807, 2.05) is 0 Å². The van der Waals surface area contributed by atoms with Gasteiger partial charge in [0.05, 0.1) is 0 Å². The van der Waals surface area contributed by atoms with Crippen LogP contribution in [0.3, 0.4) is 0 Å². The van der Waals surface area contributed by atoms with E-state index in [-0.39, 0.29) is 0 Å². The van der Waals surface area contributed by atoms with Gasteiger partial charge in [-0.25, -0.2) is 0 Å². The molecule has 0 aromatic heterocycles. The molecule has 0 aromatic carbocycles. The molecule has 74 valence electrons. The quantitative estimate of drug-likeness (QED) is 0.675. The summed E-state index contributed by atoms with van der Waals surface area (Å²) in [5, 5.41) is 0. The van der Waals surface area contributed by atoms with Crippen LogP contribution in [-0.2, 0) is 0 Å². The largest absolute Gasteiger partial charge is 0.330 e. The number of nitrogens with two attached hydrogens (primary N) is 1. The lowest BCUT2D eigenvalue weighted by atomic mass is 9.64. The van der Waals surface area contributed by atoms with Gasteiger partial charge in [0.1, 0.15) is 0 Å². The molecule has 0 unspecified atom stereocenters. The third-order valence-corrected chi connectivity index (χ3v) is 3.72. The summed E-state index contributed by atoms with van der Waals surface area (Å²) in [6, 6.07) is 0. The highest BCUT2D eigenvalue weighted by molar-refractivity contribution is 4.84. The van der Waals surface area contributed by atoms with Crippen LogP contribution in [0.1, 0.15) is 53.9 Å². The van der Waals surface area contributed by atoms with Crippen LogP contribution in [0, 0.1) is 10.8 Å². The van der Waals surface area contributed by atoms with E-state index in [2.05, 4.69) is 34.6 Å². The lowest BCUT2D eigenvalue weighted by Crippen LogP contribution is -2.32. The van der Waals surface area contributed by atoms with Crippen molar-refractivity contribution in [1.82, 2.24) is 0 Å². The summed E-state index contributed by atoms with van der Waals surface area (Å²) >= 11 is 0. The van der Waals surface area contributed by atoms with Crippen molar-refractivity contribution in [2.45, 2.75) is 53.9 Å². The molecule has 1 heteroatoms. The summed E-state index contributed by atoms with van der Waals surface area (Å²) in [4.78, 5) is 0. The highest BCUT2D eigenvalue weighted by Crippen LogP contribution is 2.44. The van der Waals surface area contributed by atoms with Crippen LogP contribution in [0.4, 0.5) is 0 Å². The summed E-state index contributed by atoms with van der Waals surface area (Å²) in [6.45, 7) is 12.5. The van der Waals surface area contributed by atoms with Crippen LogP contribution >= 0.6 is 0 Å². The third-order valence-electron chi connectivity index (χ3n) is 3.72. The van der Waals surface area contributed by atoms with Gasteiger partial charge in [0.2, 0.25) is 0 Å². The van der Waals surface area contributed by atoms with Gasteiger partial charge in [-0.15, -0.1) is 0 Å². The first kappa shape index (κ1) is 12.0. The predicted molar refractivity (Wildman–Crippen MR) is 56.1 cm³/mol. The van der Waals surface area contributed by atoms with E-state index in [9.17, 15) is 0 Å². The summed E-state index contributed by atoms with van der Waals surface area (Å²) < 4.78 is 0. The molecule has 1 nitrogen and oxygen atoms in total. The Morgan fingerprint density at radius 2 is 1.50 bits per heavy atom. The first-order valence-electron chi connectivity index (χ1n) is 5.07. The van der Waals surface area contributed by atoms with E-state index in [4.69, 9.17) is 5.73 Å². The zero-order chi connectivity index (χ0) is 9.83. The van der Waals surface area contributed by atoms with Crippen molar-refractivity contribution in [3.05, 3.63) is 0 Å². The van der Waals surface area contributed by atoms with Crippen LogP contribution in [0.5, 0.6) is 0 Å². The van der Waals surface area contributed by atoms with Gasteiger partial charge in [0, 0.05) is 0 Å². The van der Waals surface area contributed by atoms with E-state index in [1.54, 1.807) is 0 Å². The average molecular weight is 171 g/mol. The summed E-state index contributed by atoms with van der Waals surface area (Å²) in [5.74, 6) is 0. The van der Waals surface area contributed by atoms with Crippen molar-refractivity contribution in [2.75, 3.05) is 6.54 Å². The number of hydrogen-bond donors (Lipinski definition) is 1. The van der Waals surface area contributed by atoms with Gasteiger partial charge < -0.3 is 5.73 Å². The second-order valence-corrected chi connectivity index (χ2v) is 5.01. The standard InChI is InChI=1S/C11H25N/c1-6-10(2,3)11(4,5)8-7-9-12/h6-9,12H2,1-5H3. The minimum absolute atomic E-state index is 0.418. The van der Waals surface area contributed by atoms with Crippen molar-refractivity contribution >= 4 is 0 Å². The molecule has 0 rings (SSSR count). The van der Waals surface area contributed by atoms with E-state index in [0.29, 0.717) is 10.8 Å². The fourth-order valence-corrected chi connectivity index (χ4v) is 1.36. The van der Waals surface area contributed by atoms with Crippen molar-refractivity contribution in [3.8, 4) is 0 Å². The highest BCUT2D eigenvalue weighted by Gasteiger charge is 2.34. The fraction of sp³-hybridized carbons (Fsp3) is 1.00. The SMILES string of the molecule is CCC(C)(C)C(C)(C)CCCN. The van der Waals surface area contributed by atoms with Gasteiger partial charge in [-0.1, -0.05) is 41.0 Å². The molecular weight excluding hydrogens is 146 g/mol. The van der Waals surface area contributed by atoms with Gasteiger partial charge in [0.15, 0.2) is 0 Å². The maximum Gasteiger partial charge on any atom is -0.00771 e. The molecule has 0 bridgehead atoms. The Morgan fingerprint density at radius 1 is 1.00 bits per heavy atom. The van der Waals surface area contributed by atoms with Gasteiger partial charge in [-0.3, -0.25) is 0 Å². The molecule has 0 aliphatic heterocycles. The predicted octanol–water partition coefficient (Wildman–Crippen LogP) is 3.19. The molecule has 0 saturated heterocycles. The molecule has 0 atom stereocenters. The van der Waals surface area contributed by atoms with Crippen LogP contribution in [0.25, 0.3) is 0 Å². The first-order valence-corrected chi connectivity index (χ1v) is 5.07. The molecule has 0 amide bonds. The lowest BCUT2D eigenvalue weighted by Gasteiger charge is -2.41. The van der Waals surface area contributed by atoms with E-state index >= 15 is 0 Å². The Balaban J connectivity index is 4.17. The second-order valence-electron chi connectivity index (χ2n) is 5.01. The maximum atomic E-state index is 5.52. The van der Waals surface area contributed by atoms with E-state index < -0.39 is 0 Å². The van der Waals surface area contributed by atoms with E-state index in [0.717, 1.165) is 13.0 Å². The summed E-state index contributed by atoms with van der Waals surface area (Å²) in [6.07, 6.45) is 3.63. The normalized spacial score (nSPS) is 13.5. The minimum atomic E-state index is 0.418. The lowest BCUT2D eigenvalue weighted by molar-refractivity contribution is 0.0920. The Hall–Kier alpha value is -0.0400. The number of hydrogen-bond acceptors (Lipinski definition) is 1. The zero-order valence-electron chi connectivity index (χ0n) is 9.41. The molecule has 0 aromatic rings. The molecule has 2 N–H and O–H groups in total. The summed E-state index contributed by atoms with van der Waals surface area (Å²) in [7, 11) is 0. The molecular formula is C11H25N. The second kappa shape index (κ2) is 4.27. The van der Waals surface area contributed by atoms with Gasteiger partial charge in [0.25, 0.3) is 0 Å². The molecule has 0 heterocycles. The Bertz CT molecular complexity index is 125. The van der Waals surface area contributed by atoms with Crippen LogP contribution < -0.4 is 5.73 Å². The monoisotopic (exact) mass is 171 g/mol. The average Bonchev–Trinajstić information content (AvgIpc) is 2.00. The van der Waals surface area contributed by atoms with Crippen molar-refractivity contribution in [2.24, 2.45) is 16.6 Å². The number of rotatable bonds is 5. The van der Waals surface area contributed by atoms with Gasteiger partial charge >= 0.3 is 0 Å². The molecule has 0 saturated carbocycles. The van der Waals surface area contributed by atoms with Gasteiger partial charge in [-0.2, -0.15) is 0 Å². The van der Waals surface area contributed by atoms with Crippen molar-refractivity contribution < 1.29 is 0 Å². The van der Waals surface area contributed by atoms with Crippen LogP contribution in [0.2, 0.25) is 0 Å². The maximum absolute atomic E-state index is 5.52. The molecule has 0 radical (unpaired) electrons. The van der Waals surface area contributed by atoms with Crippen LogP contribution in [-0.4, -0.2) is 6.54 Å². The zero-order valence-corrected chi connectivity index (χ0v) is 9.41. The Kier molecular flexibility index (Phi) is 4.25. The first-order chi connectivity index (χ1) is 5.37. The molecule has 0 aliphatic carbocycles. The topological polar surface area (TPSA) is 26.0 Å². The smallest absolute Gasteiger partial charge is 0.00771 e. The summed E-state index contributed by atoms with van der Waals surface area (Å²) in [5.41, 5.74) is 6.37. The third kappa shape index (κ3) is 2.78. The molecule has 0 fully saturated rings. The van der Waals surface area contributed by atoms with E-state index in [1.165, 1.54) is 12.8 Å². The Labute approximate surface area is 77.7 Å². The van der Waals surface area contributed by atoms with Crippen molar-refractivity contribution in [3.63, 3.8) is 0 Å². The van der Waals surface area contributed by atoms with Crippen LogP contribution in [0.15, 0.2) is 0 Å². The van der Waals surface area contributed by atoms with Gasteiger partial charge in [-0.05, 0) is 30.2 Å². The molecule has 12 heavy (non-hydrogen) atoms. The highest BCUT2D eigenvalue weighted by atomic mass is 14.5. The fourth-order valence-electron chi connectivity index (χ4n) is 1.36. The minimum Gasteiger partial charge on any atom is -0.330 e.